The van der Waals surface area contributed by atoms with Gasteiger partial charge < -0.3 is 5.32 Å². The first-order valence-corrected chi connectivity index (χ1v) is 8.32. The van der Waals surface area contributed by atoms with Crippen LogP contribution >= 0.6 is 0 Å². The lowest BCUT2D eigenvalue weighted by Crippen LogP contribution is -2.24. The van der Waals surface area contributed by atoms with Crippen molar-refractivity contribution in [3.05, 3.63) is 40.6 Å². The van der Waals surface area contributed by atoms with Gasteiger partial charge in [-0.1, -0.05) is 17.7 Å². The topological polar surface area (TPSA) is 86.9 Å². The van der Waals surface area contributed by atoms with E-state index in [-0.39, 0.29) is 0 Å². The summed E-state index contributed by atoms with van der Waals surface area (Å²) in [5.41, 5.74) is 3.66. The van der Waals surface area contributed by atoms with E-state index in [1.807, 2.05) is 13.0 Å². The summed E-state index contributed by atoms with van der Waals surface area (Å²) in [5, 5.41) is 10.2. The van der Waals surface area contributed by atoms with Crippen molar-refractivity contribution in [3.8, 4) is 0 Å². The van der Waals surface area contributed by atoms with Gasteiger partial charge in [0.05, 0.1) is 10.6 Å². The molecule has 0 fully saturated rings. The molecule has 3 N–H and O–H groups in total. The fourth-order valence-corrected chi connectivity index (χ4v) is 3.87. The first-order valence-electron chi connectivity index (χ1n) is 6.84. The summed E-state index contributed by atoms with van der Waals surface area (Å²) >= 11 is 0. The molecule has 0 amide bonds. The van der Waals surface area contributed by atoms with Crippen LogP contribution in [-0.4, -0.2) is 25.2 Å². The molecule has 0 saturated carbocycles. The van der Waals surface area contributed by atoms with Crippen LogP contribution in [0.1, 0.15) is 22.4 Å². The number of nitrogens with zero attached hydrogens (tertiary/aromatic N) is 1. The predicted octanol–water partition coefficient (Wildman–Crippen LogP) is 1.47. The van der Waals surface area contributed by atoms with E-state index < -0.39 is 10.0 Å². The van der Waals surface area contributed by atoms with Crippen LogP contribution in [0.25, 0.3) is 0 Å². The fraction of sp³-hybridized carbons (Fsp3) is 0.357. The molecule has 0 spiro atoms. The molecule has 0 atom stereocenters. The number of anilines is 1. The third kappa shape index (κ3) is 2.66. The van der Waals surface area contributed by atoms with Crippen LogP contribution < -0.4 is 10.0 Å². The van der Waals surface area contributed by atoms with Crippen LogP contribution in [-0.2, 0) is 23.0 Å². The van der Waals surface area contributed by atoms with E-state index in [2.05, 4.69) is 20.2 Å². The standard InChI is InChI=1S/C14H18N4O2S/c1-9-3-4-13(10(2)7-9)21(19,20)18-14-11-5-6-15-8-12(11)16-17-14/h3-4,7,15H,5-6,8H2,1-2H3,(H2,16,17,18). The molecule has 0 bridgehead atoms. The molecule has 0 aliphatic carbocycles. The number of hydrogen-bond acceptors (Lipinski definition) is 4. The zero-order valence-corrected chi connectivity index (χ0v) is 12.8. The Kier molecular flexibility index (Phi) is 3.46. The van der Waals surface area contributed by atoms with Gasteiger partial charge in [0.2, 0.25) is 0 Å². The summed E-state index contributed by atoms with van der Waals surface area (Å²) in [6, 6.07) is 5.29. The summed E-state index contributed by atoms with van der Waals surface area (Å²) in [6.07, 6.45) is 0.760. The number of benzene rings is 1. The van der Waals surface area contributed by atoms with Crippen molar-refractivity contribution in [1.29, 1.82) is 0 Å². The lowest BCUT2D eigenvalue weighted by atomic mass is 10.1. The molecular formula is C14H18N4O2S. The second-order valence-corrected chi connectivity index (χ2v) is 6.98. The van der Waals surface area contributed by atoms with Crippen molar-refractivity contribution in [2.75, 3.05) is 11.3 Å². The van der Waals surface area contributed by atoms with Crippen LogP contribution in [0, 0.1) is 13.8 Å². The minimum absolute atomic E-state index is 0.291. The number of nitrogens with one attached hydrogen (secondary N) is 3. The van der Waals surface area contributed by atoms with Crippen LogP contribution in [0.3, 0.4) is 0 Å². The Balaban J connectivity index is 1.95. The van der Waals surface area contributed by atoms with Gasteiger partial charge in [-0.05, 0) is 38.4 Å². The monoisotopic (exact) mass is 306 g/mol. The highest BCUT2D eigenvalue weighted by Crippen LogP contribution is 2.24. The van der Waals surface area contributed by atoms with E-state index in [1.54, 1.807) is 19.1 Å². The summed E-state index contributed by atoms with van der Waals surface area (Å²) in [4.78, 5) is 0.291. The Morgan fingerprint density at radius 3 is 2.86 bits per heavy atom. The molecule has 0 radical (unpaired) electrons. The van der Waals surface area contributed by atoms with E-state index in [0.29, 0.717) is 17.3 Å². The average molecular weight is 306 g/mol. The van der Waals surface area contributed by atoms with Gasteiger partial charge in [0.15, 0.2) is 5.82 Å². The van der Waals surface area contributed by atoms with E-state index in [4.69, 9.17) is 0 Å². The molecule has 0 unspecified atom stereocenters. The normalized spacial score (nSPS) is 14.8. The SMILES string of the molecule is Cc1ccc(S(=O)(=O)Nc2n[nH]c3c2CCNC3)c(C)c1. The maximum atomic E-state index is 12.5. The molecule has 1 aliphatic rings. The minimum Gasteiger partial charge on any atom is -0.311 e. The van der Waals surface area contributed by atoms with Gasteiger partial charge in [0.1, 0.15) is 0 Å². The quantitative estimate of drug-likeness (QED) is 0.801. The second-order valence-electron chi connectivity index (χ2n) is 5.33. The van der Waals surface area contributed by atoms with Crippen LogP contribution in [0.4, 0.5) is 5.82 Å². The number of aryl methyl sites for hydroxylation is 2. The summed E-state index contributed by atoms with van der Waals surface area (Å²) in [7, 11) is -3.62. The maximum Gasteiger partial charge on any atom is 0.263 e. The van der Waals surface area contributed by atoms with E-state index in [1.165, 1.54) is 0 Å². The number of H-pyrrole nitrogens is 1. The van der Waals surface area contributed by atoms with Gasteiger partial charge in [0.25, 0.3) is 10.0 Å². The third-order valence-corrected chi connectivity index (χ3v) is 5.16. The van der Waals surface area contributed by atoms with Crippen LogP contribution in [0.2, 0.25) is 0 Å². The Bertz CT molecular complexity index is 780. The molecule has 1 aromatic carbocycles. The summed E-state index contributed by atoms with van der Waals surface area (Å²) in [5.74, 6) is 0.409. The molecule has 112 valence electrons. The number of rotatable bonds is 3. The number of aromatic amines is 1. The molecule has 3 rings (SSSR count). The molecule has 7 heteroatoms. The van der Waals surface area contributed by atoms with Gasteiger partial charge in [0, 0.05) is 12.1 Å². The molecular weight excluding hydrogens is 288 g/mol. The van der Waals surface area contributed by atoms with Gasteiger partial charge in [-0.2, -0.15) is 5.10 Å². The van der Waals surface area contributed by atoms with Gasteiger partial charge in [-0.3, -0.25) is 9.82 Å². The first kappa shape index (κ1) is 14.1. The molecule has 1 aliphatic heterocycles. The Morgan fingerprint density at radius 1 is 1.29 bits per heavy atom. The largest absolute Gasteiger partial charge is 0.311 e. The zero-order chi connectivity index (χ0) is 15.0. The fourth-order valence-electron chi connectivity index (χ4n) is 2.61. The summed E-state index contributed by atoms with van der Waals surface area (Å²) < 4.78 is 27.7. The van der Waals surface area contributed by atoms with Crippen LogP contribution in [0.15, 0.2) is 23.1 Å². The van der Waals surface area contributed by atoms with Crippen LogP contribution in [0.5, 0.6) is 0 Å². The van der Waals surface area contributed by atoms with E-state index in [9.17, 15) is 8.42 Å². The lowest BCUT2D eigenvalue weighted by molar-refractivity contribution is 0.600. The van der Waals surface area contributed by atoms with Crippen molar-refractivity contribution in [3.63, 3.8) is 0 Å². The molecule has 2 heterocycles. The smallest absolute Gasteiger partial charge is 0.263 e. The molecule has 2 aromatic rings. The van der Waals surface area contributed by atoms with Crippen molar-refractivity contribution in [2.45, 2.75) is 31.7 Å². The molecule has 1 aromatic heterocycles. The number of hydrogen-bond donors (Lipinski definition) is 3. The summed E-state index contributed by atoms with van der Waals surface area (Å²) in [6.45, 7) is 5.25. The second kappa shape index (κ2) is 5.16. The lowest BCUT2D eigenvalue weighted by Gasteiger charge is -2.14. The third-order valence-electron chi connectivity index (χ3n) is 3.66. The van der Waals surface area contributed by atoms with Crippen molar-refractivity contribution in [1.82, 2.24) is 15.5 Å². The Labute approximate surface area is 124 Å². The Morgan fingerprint density at radius 2 is 2.10 bits per heavy atom. The predicted molar refractivity (Wildman–Crippen MR) is 80.7 cm³/mol. The van der Waals surface area contributed by atoms with E-state index >= 15 is 0 Å². The van der Waals surface area contributed by atoms with Gasteiger partial charge >= 0.3 is 0 Å². The van der Waals surface area contributed by atoms with E-state index in [0.717, 1.165) is 35.3 Å². The number of fused-ring (bicyclic) bond motifs is 1. The molecule has 0 saturated heterocycles. The average Bonchev–Trinajstić information content (AvgIpc) is 2.81. The minimum atomic E-state index is -3.62. The number of sulfonamides is 1. The van der Waals surface area contributed by atoms with Gasteiger partial charge in [-0.15, -0.1) is 0 Å². The highest BCUT2D eigenvalue weighted by atomic mass is 32.2. The van der Waals surface area contributed by atoms with Crippen molar-refractivity contribution in [2.24, 2.45) is 0 Å². The Hall–Kier alpha value is -1.86. The molecule has 21 heavy (non-hydrogen) atoms. The van der Waals surface area contributed by atoms with Gasteiger partial charge in [-0.25, -0.2) is 8.42 Å². The van der Waals surface area contributed by atoms with Crippen molar-refractivity contribution < 1.29 is 8.42 Å². The highest BCUT2D eigenvalue weighted by Gasteiger charge is 2.23. The first-order chi connectivity index (χ1) is 9.97. The zero-order valence-electron chi connectivity index (χ0n) is 12.0. The number of aromatic nitrogens is 2. The molecule has 6 nitrogen and oxygen atoms in total. The van der Waals surface area contributed by atoms with Crippen molar-refractivity contribution >= 4 is 15.8 Å². The highest BCUT2D eigenvalue weighted by molar-refractivity contribution is 7.92. The maximum absolute atomic E-state index is 12.5.